The minimum atomic E-state index is -0.227. The molecule has 3 aliphatic carbocycles. The Labute approximate surface area is 189 Å². The standard InChI is InChI=1S/C26H14Br2S/c27-14-11-12-16-20(13-14)26(24-17-5-1-2-10-22(17)29-25(16)24)18-7-3-6-15(18)23-19(26)8-4-9-21(23)28/h1-5,7-13H,6H2. The van der Waals surface area contributed by atoms with Gasteiger partial charge in [0.25, 0.3) is 0 Å². The highest BCUT2D eigenvalue weighted by Gasteiger charge is 2.54. The lowest BCUT2D eigenvalue weighted by molar-refractivity contribution is 0.795. The number of thiophene rings is 1. The van der Waals surface area contributed by atoms with E-state index in [1.54, 1.807) is 0 Å². The Morgan fingerprint density at radius 1 is 0.897 bits per heavy atom. The molecule has 4 aromatic rings. The molecule has 7 rings (SSSR count). The number of fused-ring (bicyclic) bond motifs is 11. The molecule has 0 amide bonds. The topological polar surface area (TPSA) is 0 Å². The molecule has 0 saturated heterocycles. The van der Waals surface area contributed by atoms with Crippen LogP contribution in [0.25, 0.3) is 26.1 Å². The fraction of sp³-hybridized carbons (Fsp3) is 0.0769. The third-order valence-corrected chi connectivity index (χ3v) is 9.01. The molecule has 0 radical (unpaired) electrons. The lowest BCUT2D eigenvalue weighted by atomic mass is 9.69. The monoisotopic (exact) mass is 516 g/mol. The Hall–Kier alpha value is -1.94. The first-order chi connectivity index (χ1) is 14.2. The molecule has 1 aromatic heterocycles. The van der Waals surface area contributed by atoms with E-state index in [9.17, 15) is 0 Å². The third kappa shape index (κ3) is 1.86. The van der Waals surface area contributed by atoms with Gasteiger partial charge in [-0.3, -0.25) is 0 Å². The summed E-state index contributed by atoms with van der Waals surface area (Å²) >= 11 is 9.58. The molecule has 0 nitrogen and oxygen atoms in total. The van der Waals surface area contributed by atoms with Crippen molar-refractivity contribution in [1.82, 2.24) is 0 Å². The first-order valence-corrected chi connectivity index (χ1v) is 12.1. The summed E-state index contributed by atoms with van der Waals surface area (Å²) in [7, 11) is 0. The highest BCUT2D eigenvalue weighted by Crippen LogP contribution is 2.67. The number of hydrogen-bond acceptors (Lipinski definition) is 1. The third-order valence-electron chi connectivity index (χ3n) is 6.66. The largest absolute Gasteiger partial charge is 0.135 e. The van der Waals surface area contributed by atoms with Gasteiger partial charge in [0, 0.05) is 18.5 Å². The Bertz CT molecular complexity index is 1450. The van der Waals surface area contributed by atoms with Crippen LogP contribution in [0.4, 0.5) is 0 Å². The molecule has 3 aromatic carbocycles. The molecule has 3 heteroatoms. The first-order valence-electron chi connectivity index (χ1n) is 9.73. The van der Waals surface area contributed by atoms with E-state index in [1.165, 1.54) is 58.4 Å². The lowest BCUT2D eigenvalue weighted by Gasteiger charge is -2.31. The van der Waals surface area contributed by atoms with Crippen molar-refractivity contribution >= 4 is 58.9 Å². The van der Waals surface area contributed by atoms with Crippen molar-refractivity contribution in [3.8, 4) is 10.4 Å². The molecule has 0 aliphatic heterocycles. The summed E-state index contributed by atoms with van der Waals surface area (Å²) in [6, 6.07) is 22.5. The number of halogens is 2. The highest BCUT2D eigenvalue weighted by molar-refractivity contribution is 9.10. The summed E-state index contributed by atoms with van der Waals surface area (Å²) in [6.45, 7) is 0. The van der Waals surface area contributed by atoms with Gasteiger partial charge in [-0.25, -0.2) is 0 Å². The van der Waals surface area contributed by atoms with Crippen molar-refractivity contribution in [3.05, 3.63) is 110 Å². The molecule has 1 atom stereocenters. The van der Waals surface area contributed by atoms with Gasteiger partial charge in [-0.1, -0.05) is 80.4 Å². The van der Waals surface area contributed by atoms with Crippen molar-refractivity contribution in [3.63, 3.8) is 0 Å². The molecular weight excluding hydrogens is 504 g/mol. The van der Waals surface area contributed by atoms with E-state index in [4.69, 9.17) is 0 Å². The van der Waals surface area contributed by atoms with Crippen molar-refractivity contribution in [2.24, 2.45) is 0 Å². The van der Waals surface area contributed by atoms with Crippen LogP contribution in [-0.2, 0) is 5.41 Å². The molecule has 0 N–H and O–H groups in total. The maximum Gasteiger partial charge on any atom is 0.0737 e. The SMILES string of the molecule is Brc1ccc2c(c1)C1(C3=C(CC=C3)c3c(Br)cccc31)c1c-2sc2ccccc12. The van der Waals surface area contributed by atoms with E-state index in [0.29, 0.717) is 0 Å². The zero-order chi connectivity index (χ0) is 19.3. The van der Waals surface area contributed by atoms with E-state index < -0.39 is 0 Å². The van der Waals surface area contributed by atoms with Gasteiger partial charge >= 0.3 is 0 Å². The van der Waals surface area contributed by atoms with Gasteiger partial charge < -0.3 is 0 Å². The highest BCUT2D eigenvalue weighted by atomic mass is 79.9. The molecule has 0 saturated carbocycles. The van der Waals surface area contributed by atoms with Crippen LogP contribution in [0.5, 0.6) is 0 Å². The zero-order valence-electron chi connectivity index (χ0n) is 15.3. The van der Waals surface area contributed by atoms with E-state index in [-0.39, 0.29) is 5.41 Å². The minimum absolute atomic E-state index is 0.227. The summed E-state index contributed by atoms with van der Waals surface area (Å²) in [5, 5.41) is 1.39. The second kappa shape index (κ2) is 5.60. The van der Waals surface area contributed by atoms with Crippen molar-refractivity contribution in [2.75, 3.05) is 0 Å². The fourth-order valence-electron chi connectivity index (χ4n) is 5.71. The number of allylic oxidation sites excluding steroid dienone is 4. The summed E-state index contributed by atoms with van der Waals surface area (Å²) in [5.74, 6) is 0. The maximum atomic E-state index is 3.88. The fourth-order valence-corrected chi connectivity index (χ4v) is 7.97. The number of hydrogen-bond donors (Lipinski definition) is 0. The molecule has 138 valence electrons. The second-order valence-corrected chi connectivity index (χ2v) is 10.7. The molecule has 1 unspecified atom stereocenters. The van der Waals surface area contributed by atoms with E-state index in [2.05, 4.69) is 105 Å². The molecule has 1 heterocycles. The van der Waals surface area contributed by atoms with Crippen LogP contribution in [0.1, 0.15) is 28.7 Å². The number of benzene rings is 3. The van der Waals surface area contributed by atoms with Crippen LogP contribution in [-0.4, -0.2) is 0 Å². The van der Waals surface area contributed by atoms with Gasteiger partial charge in [-0.15, -0.1) is 11.3 Å². The van der Waals surface area contributed by atoms with Gasteiger partial charge in [0.15, 0.2) is 0 Å². The van der Waals surface area contributed by atoms with Crippen LogP contribution < -0.4 is 0 Å². The second-order valence-electron chi connectivity index (χ2n) is 7.90. The van der Waals surface area contributed by atoms with Crippen molar-refractivity contribution in [1.29, 1.82) is 0 Å². The quantitative estimate of drug-likeness (QED) is 0.219. The van der Waals surface area contributed by atoms with E-state index in [1.807, 2.05) is 11.3 Å². The van der Waals surface area contributed by atoms with Gasteiger partial charge in [-0.05, 0) is 75.0 Å². The Morgan fingerprint density at radius 2 is 1.79 bits per heavy atom. The Kier molecular flexibility index (Phi) is 3.25. The van der Waals surface area contributed by atoms with Crippen molar-refractivity contribution in [2.45, 2.75) is 11.8 Å². The smallest absolute Gasteiger partial charge is 0.0737 e. The van der Waals surface area contributed by atoms with Crippen LogP contribution in [0, 0.1) is 0 Å². The summed E-state index contributed by atoms with van der Waals surface area (Å²) < 4.78 is 3.72. The van der Waals surface area contributed by atoms with Crippen LogP contribution in [0.15, 0.2) is 87.3 Å². The van der Waals surface area contributed by atoms with Gasteiger partial charge in [-0.2, -0.15) is 0 Å². The van der Waals surface area contributed by atoms with Gasteiger partial charge in [0.05, 0.1) is 5.41 Å². The summed E-state index contributed by atoms with van der Waals surface area (Å²) in [5.41, 5.74) is 9.78. The van der Waals surface area contributed by atoms with Crippen molar-refractivity contribution < 1.29 is 0 Å². The Balaban J connectivity index is 1.76. The molecule has 0 fully saturated rings. The zero-order valence-corrected chi connectivity index (χ0v) is 19.3. The predicted molar refractivity (Wildman–Crippen MR) is 130 cm³/mol. The minimum Gasteiger partial charge on any atom is -0.135 e. The van der Waals surface area contributed by atoms with Gasteiger partial charge in [0.1, 0.15) is 0 Å². The first kappa shape index (κ1) is 16.8. The molecule has 29 heavy (non-hydrogen) atoms. The van der Waals surface area contributed by atoms with E-state index in [0.717, 1.165) is 10.9 Å². The summed E-state index contributed by atoms with van der Waals surface area (Å²) in [4.78, 5) is 1.42. The normalized spacial score (nSPS) is 20.5. The molecule has 1 spiro atoms. The lowest BCUT2D eigenvalue weighted by Crippen LogP contribution is -2.26. The molecular formula is C26H14Br2S. The predicted octanol–water partition coefficient (Wildman–Crippen LogP) is 8.47. The maximum absolute atomic E-state index is 3.88. The molecule has 0 bridgehead atoms. The van der Waals surface area contributed by atoms with Crippen LogP contribution in [0.2, 0.25) is 0 Å². The summed E-state index contributed by atoms with van der Waals surface area (Å²) in [6.07, 6.45) is 5.72. The average molecular weight is 518 g/mol. The molecule has 3 aliphatic rings. The number of rotatable bonds is 0. The average Bonchev–Trinajstić information content (AvgIpc) is 3.44. The van der Waals surface area contributed by atoms with Crippen LogP contribution >= 0.6 is 43.2 Å². The van der Waals surface area contributed by atoms with Gasteiger partial charge in [0.2, 0.25) is 0 Å². The van der Waals surface area contributed by atoms with E-state index >= 15 is 0 Å². The Morgan fingerprint density at radius 3 is 2.72 bits per heavy atom. The van der Waals surface area contributed by atoms with Crippen LogP contribution in [0.3, 0.4) is 0 Å².